The number of sulfonamides is 1. The summed E-state index contributed by atoms with van der Waals surface area (Å²) < 4.78 is 32.8. The van der Waals surface area contributed by atoms with Gasteiger partial charge in [-0.15, -0.1) is 10.2 Å². The van der Waals surface area contributed by atoms with Crippen molar-refractivity contribution in [3.8, 4) is 0 Å². The van der Waals surface area contributed by atoms with Gasteiger partial charge in [0, 0.05) is 24.9 Å². The van der Waals surface area contributed by atoms with Gasteiger partial charge in [-0.05, 0) is 44.7 Å². The van der Waals surface area contributed by atoms with Crippen molar-refractivity contribution < 1.29 is 12.8 Å². The number of benzene rings is 1. The van der Waals surface area contributed by atoms with Crippen LogP contribution in [0.15, 0.2) is 33.6 Å². The molecule has 2 fully saturated rings. The van der Waals surface area contributed by atoms with E-state index in [0.29, 0.717) is 29.8 Å². The molecule has 1 saturated heterocycles. The minimum atomic E-state index is -3.42. The maximum atomic E-state index is 12.7. The molecule has 2 heterocycles. The maximum absolute atomic E-state index is 12.7. The molecule has 1 aromatic carbocycles. The van der Waals surface area contributed by atoms with Gasteiger partial charge in [0.25, 0.3) is 0 Å². The summed E-state index contributed by atoms with van der Waals surface area (Å²) in [5.74, 6) is 2.03. The van der Waals surface area contributed by atoms with Crippen molar-refractivity contribution in [2.45, 2.75) is 49.3 Å². The Bertz CT molecular complexity index is 817. The average Bonchev–Trinajstić information content (AvgIpc) is 3.32. The highest BCUT2D eigenvalue weighted by atomic mass is 32.2. The third kappa shape index (κ3) is 2.98. The first-order valence-corrected chi connectivity index (χ1v) is 9.88. The average molecular weight is 347 g/mol. The predicted octanol–water partition coefficient (Wildman–Crippen LogP) is 2.82. The van der Waals surface area contributed by atoms with E-state index < -0.39 is 10.0 Å². The lowest BCUT2D eigenvalue weighted by Crippen LogP contribution is -2.37. The maximum Gasteiger partial charge on any atom is 0.243 e. The second-order valence-electron chi connectivity index (χ2n) is 6.74. The standard InChI is InChI=1S/C17H21N3O3S/c1-12-2-6-15(7-3-12)24(21,22)20-10-8-14(9-11-20)17-19-18-16(23-17)13-4-5-13/h2-3,6-7,13-14H,4-5,8-11H2,1H3. The van der Waals surface area contributed by atoms with Crippen molar-refractivity contribution >= 4 is 10.0 Å². The van der Waals surface area contributed by atoms with Crippen LogP contribution in [0.25, 0.3) is 0 Å². The van der Waals surface area contributed by atoms with E-state index in [9.17, 15) is 8.42 Å². The molecule has 0 N–H and O–H groups in total. The molecule has 0 amide bonds. The van der Waals surface area contributed by atoms with E-state index in [4.69, 9.17) is 4.42 Å². The number of aryl methyl sites for hydroxylation is 1. The minimum absolute atomic E-state index is 0.162. The second-order valence-corrected chi connectivity index (χ2v) is 8.68. The van der Waals surface area contributed by atoms with Gasteiger partial charge in [0.15, 0.2) is 0 Å². The molecule has 0 radical (unpaired) electrons. The van der Waals surface area contributed by atoms with E-state index in [1.54, 1.807) is 16.4 Å². The van der Waals surface area contributed by atoms with Gasteiger partial charge in [-0.3, -0.25) is 0 Å². The number of rotatable bonds is 4. The predicted molar refractivity (Wildman–Crippen MR) is 88.2 cm³/mol. The van der Waals surface area contributed by atoms with E-state index >= 15 is 0 Å². The fourth-order valence-electron chi connectivity index (χ4n) is 3.11. The molecule has 128 valence electrons. The number of nitrogens with zero attached hydrogens (tertiary/aromatic N) is 3. The molecule has 4 rings (SSSR count). The summed E-state index contributed by atoms with van der Waals surface area (Å²) in [6.45, 7) is 2.92. The summed E-state index contributed by atoms with van der Waals surface area (Å²) in [6.07, 6.45) is 3.71. The molecular formula is C17H21N3O3S. The molecule has 2 aromatic rings. The first-order chi connectivity index (χ1) is 11.5. The Morgan fingerprint density at radius 2 is 1.50 bits per heavy atom. The Labute approximate surface area is 141 Å². The smallest absolute Gasteiger partial charge is 0.243 e. The van der Waals surface area contributed by atoms with Gasteiger partial charge in [0.05, 0.1) is 4.90 Å². The van der Waals surface area contributed by atoms with Crippen molar-refractivity contribution in [3.63, 3.8) is 0 Å². The summed E-state index contributed by atoms with van der Waals surface area (Å²) in [7, 11) is -3.42. The van der Waals surface area contributed by atoms with E-state index in [1.807, 2.05) is 19.1 Å². The molecule has 24 heavy (non-hydrogen) atoms. The molecule has 6 nitrogen and oxygen atoms in total. The van der Waals surface area contributed by atoms with E-state index in [0.717, 1.165) is 37.1 Å². The highest BCUT2D eigenvalue weighted by Crippen LogP contribution is 2.40. The first kappa shape index (κ1) is 15.8. The molecule has 2 aliphatic rings. The molecule has 0 unspecified atom stereocenters. The molecule has 0 bridgehead atoms. The molecule has 0 atom stereocenters. The summed E-state index contributed by atoms with van der Waals surface area (Å²) in [4.78, 5) is 0.361. The Balaban J connectivity index is 1.44. The summed E-state index contributed by atoms with van der Waals surface area (Å²) in [5.41, 5.74) is 1.05. The molecular weight excluding hydrogens is 326 g/mol. The zero-order valence-electron chi connectivity index (χ0n) is 13.7. The van der Waals surface area contributed by atoms with E-state index in [-0.39, 0.29) is 5.92 Å². The zero-order chi connectivity index (χ0) is 16.7. The van der Waals surface area contributed by atoms with Crippen LogP contribution in [-0.4, -0.2) is 36.0 Å². The number of hydrogen-bond acceptors (Lipinski definition) is 5. The lowest BCUT2D eigenvalue weighted by molar-refractivity contribution is 0.286. The molecule has 1 saturated carbocycles. The summed E-state index contributed by atoms with van der Waals surface area (Å²) in [6, 6.07) is 7.02. The van der Waals surface area contributed by atoms with Crippen LogP contribution in [0.2, 0.25) is 0 Å². The van der Waals surface area contributed by atoms with Gasteiger partial charge in [0.1, 0.15) is 0 Å². The highest BCUT2D eigenvalue weighted by Gasteiger charge is 2.34. The first-order valence-electron chi connectivity index (χ1n) is 8.44. The van der Waals surface area contributed by atoms with Gasteiger partial charge in [-0.2, -0.15) is 4.31 Å². The fourth-order valence-corrected chi connectivity index (χ4v) is 4.58. The van der Waals surface area contributed by atoms with Crippen LogP contribution < -0.4 is 0 Å². The largest absolute Gasteiger partial charge is 0.425 e. The topological polar surface area (TPSA) is 76.3 Å². The van der Waals surface area contributed by atoms with Gasteiger partial charge in [0.2, 0.25) is 21.8 Å². The Morgan fingerprint density at radius 1 is 0.958 bits per heavy atom. The van der Waals surface area contributed by atoms with Gasteiger partial charge in [-0.25, -0.2) is 8.42 Å². The SMILES string of the molecule is Cc1ccc(S(=O)(=O)N2CCC(c3nnc(C4CC4)o3)CC2)cc1. The van der Waals surface area contributed by atoms with Gasteiger partial charge >= 0.3 is 0 Å². The lowest BCUT2D eigenvalue weighted by Gasteiger charge is -2.29. The molecule has 1 aliphatic heterocycles. The molecule has 0 spiro atoms. The van der Waals surface area contributed by atoms with Crippen molar-refractivity contribution in [3.05, 3.63) is 41.6 Å². The van der Waals surface area contributed by atoms with Crippen LogP contribution in [0.1, 0.15) is 54.9 Å². The zero-order valence-corrected chi connectivity index (χ0v) is 14.5. The molecule has 7 heteroatoms. The van der Waals surface area contributed by atoms with Crippen molar-refractivity contribution in [2.24, 2.45) is 0 Å². The number of aromatic nitrogens is 2. The third-order valence-corrected chi connectivity index (χ3v) is 6.76. The van der Waals surface area contributed by atoms with Crippen molar-refractivity contribution in [1.29, 1.82) is 0 Å². The van der Waals surface area contributed by atoms with E-state index in [2.05, 4.69) is 10.2 Å². The summed E-state index contributed by atoms with van der Waals surface area (Å²) in [5, 5.41) is 8.30. The van der Waals surface area contributed by atoms with Crippen LogP contribution >= 0.6 is 0 Å². The highest BCUT2D eigenvalue weighted by molar-refractivity contribution is 7.89. The number of hydrogen-bond donors (Lipinski definition) is 0. The van der Waals surface area contributed by atoms with Crippen LogP contribution in [0.3, 0.4) is 0 Å². The minimum Gasteiger partial charge on any atom is -0.425 e. The molecule has 1 aliphatic carbocycles. The quantitative estimate of drug-likeness (QED) is 0.850. The summed E-state index contributed by atoms with van der Waals surface area (Å²) >= 11 is 0. The fraction of sp³-hybridized carbons (Fsp3) is 0.529. The van der Waals surface area contributed by atoms with Gasteiger partial charge < -0.3 is 4.42 Å². The van der Waals surface area contributed by atoms with Crippen LogP contribution in [0, 0.1) is 6.92 Å². The molecule has 1 aromatic heterocycles. The van der Waals surface area contributed by atoms with Gasteiger partial charge in [-0.1, -0.05) is 17.7 Å². The van der Waals surface area contributed by atoms with E-state index in [1.165, 1.54) is 0 Å². The van der Waals surface area contributed by atoms with Crippen molar-refractivity contribution in [1.82, 2.24) is 14.5 Å². The van der Waals surface area contributed by atoms with Crippen LogP contribution in [0.4, 0.5) is 0 Å². The lowest BCUT2D eigenvalue weighted by atomic mass is 9.98. The normalized spacial score (nSPS) is 20.4. The monoisotopic (exact) mass is 347 g/mol. The van der Waals surface area contributed by atoms with Crippen molar-refractivity contribution in [2.75, 3.05) is 13.1 Å². The Hall–Kier alpha value is -1.73. The Kier molecular flexibility index (Phi) is 3.92. The third-order valence-electron chi connectivity index (χ3n) is 4.84. The van der Waals surface area contributed by atoms with Crippen LogP contribution in [-0.2, 0) is 10.0 Å². The Morgan fingerprint density at radius 3 is 2.04 bits per heavy atom. The van der Waals surface area contributed by atoms with Crippen LogP contribution in [0.5, 0.6) is 0 Å². The second kappa shape index (κ2) is 5.97. The number of piperidine rings is 1.